The van der Waals surface area contributed by atoms with Crippen LogP contribution in [0.1, 0.15) is 13.3 Å². The second-order valence-electron chi connectivity index (χ2n) is 6.96. The van der Waals surface area contributed by atoms with E-state index >= 15 is 0 Å². The van der Waals surface area contributed by atoms with E-state index in [1.54, 1.807) is 43.3 Å². The molecule has 2 N–H and O–H groups in total. The first-order valence-electron chi connectivity index (χ1n) is 8.74. The molecule has 0 bridgehead atoms. The molecular formula is C20H22ClFN2O3. The third-order valence-electron chi connectivity index (χ3n) is 4.62. The molecule has 1 aliphatic rings. The minimum absolute atomic E-state index is 0.164. The molecule has 0 aliphatic carbocycles. The molecule has 2 aromatic rings. The number of rotatable bonds is 5. The predicted molar refractivity (Wildman–Crippen MR) is 103 cm³/mol. The standard InChI is InChI=1S/C20H22ClFN2O3/c1-20(26)9-10-24(12-18(20)27-17-4-2-3-15(22)11-17)13-19(25)23-16-7-5-14(21)6-8-16/h2-8,11,18,26H,9-10,12-13H2,1H3,(H,23,25)/t18-,20-/m0/s1. The first kappa shape index (κ1) is 19.6. The summed E-state index contributed by atoms with van der Waals surface area (Å²) in [5.74, 6) is -0.210. The summed E-state index contributed by atoms with van der Waals surface area (Å²) in [6.45, 7) is 2.78. The third-order valence-corrected chi connectivity index (χ3v) is 4.87. The number of nitrogens with zero attached hydrogens (tertiary/aromatic N) is 1. The number of aliphatic hydroxyl groups is 1. The van der Waals surface area contributed by atoms with Crippen LogP contribution in [0.4, 0.5) is 10.1 Å². The smallest absolute Gasteiger partial charge is 0.238 e. The number of carbonyl (C=O) groups is 1. The SMILES string of the molecule is C[C@]1(O)CCN(CC(=O)Nc2ccc(Cl)cc2)C[C@@H]1Oc1cccc(F)c1. The van der Waals surface area contributed by atoms with Crippen molar-refractivity contribution in [3.8, 4) is 5.75 Å². The highest BCUT2D eigenvalue weighted by Crippen LogP contribution is 2.27. The lowest BCUT2D eigenvalue weighted by molar-refractivity contribution is -0.122. The van der Waals surface area contributed by atoms with Gasteiger partial charge in [0.05, 0.1) is 6.54 Å². The van der Waals surface area contributed by atoms with Crippen LogP contribution in [0.2, 0.25) is 5.02 Å². The summed E-state index contributed by atoms with van der Waals surface area (Å²) in [7, 11) is 0. The van der Waals surface area contributed by atoms with E-state index in [4.69, 9.17) is 16.3 Å². The number of nitrogens with one attached hydrogen (secondary N) is 1. The summed E-state index contributed by atoms with van der Waals surface area (Å²) in [4.78, 5) is 14.2. The van der Waals surface area contributed by atoms with Gasteiger partial charge in [0, 0.05) is 29.9 Å². The second kappa shape index (κ2) is 8.25. The summed E-state index contributed by atoms with van der Waals surface area (Å²) < 4.78 is 19.2. The van der Waals surface area contributed by atoms with Crippen molar-refractivity contribution in [2.24, 2.45) is 0 Å². The fraction of sp³-hybridized carbons (Fsp3) is 0.350. The number of amides is 1. The van der Waals surface area contributed by atoms with Gasteiger partial charge in [0.2, 0.25) is 5.91 Å². The fourth-order valence-corrected chi connectivity index (χ4v) is 3.14. The molecule has 0 unspecified atom stereocenters. The normalized spacial score (nSPS) is 23.0. The molecule has 0 spiro atoms. The average molecular weight is 393 g/mol. The largest absolute Gasteiger partial charge is 0.486 e. The summed E-state index contributed by atoms with van der Waals surface area (Å²) in [5, 5.41) is 14.0. The molecule has 2 aromatic carbocycles. The zero-order valence-corrected chi connectivity index (χ0v) is 15.7. The van der Waals surface area contributed by atoms with Crippen LogP contribution in [0.5, 0.6) is 5.75 Å². The van der Waals surface area contributed by atoms with Gasteiger partial charge in [0.15, 0.2) is 0 Å². The van der Waals surface area contributed by atoms with Crippen molar-refractivity contribution in [1.29, 1.82) is 0 Å². The van der Waals surface area contributed by atoms with E-state index in [-0.39, 0.29) is 12.5 Å². The van der Waals surface area contributed by atoms with Crippen LogP contribution < -0.4 is 10.1 Å². The Morgan fingerprint density at radius 1 is 1.37 bits per heavy atom. The highest BCUT2D eigenvalue weighted by Gasteiger charge is 2.39. The highest BCUT2D eigenvalue weighted by atomic mass is 35.5. The predicted octanol–water partition coefficient (Wildman–Crippen LogP) is 3.32. The van der Waals surface area contributed by atoms with E-state index in [2.05, 4.69) is 5.32 Å². The zero-order chi connectivity index (χ0) is 19.4. The Kier molecular flexibility index (Phi) is 5.99. The number of benzene rings is 2. The Labute approximate surface area is 162 Å². The third kappa shape index (κ3) is 5.42. The molecule has 27 heavy (non-hydrogen) atoms. The van der Waals surface area contributed by atoms with Gasteiger partial charge in [-0.3, -0.25) is 9.69 Å². The molecule has 7 heteroatoms. The van der Waals surface area contributed by atoms with E-state index in [1.807, 2.05) is 4.90 Å². The number of piperidine rings is 1. The first-order valence-corrected chi connectivity index (χ1v) is 9.12. The molecule has 1 aliphatic heterocycles. The molecular weight excluding hydrogens is 371 g/mol. The number of hydrogen-bond donors (Lipinski definition) is 2. The number of ether oxygens (including phenoxy) is 1. The minimum Gasteiger partial charge on any atom is -0.486 e. The lowest BCUT2D eigenvalue weighted by Crippen LogP contribution is -2.57. The number of anilines is 1. The van der Waals surface area contributed by atoms with Gasteiger partial charge in [0.1, 0.15) is 23.3 Å². The van der Waals surface area contributed by atoms with Gasteiger partial charge in [-0.25, -0.2) is 4.39 Å². The fourth-order valence-electron chi connectivity index (χ4n) is 3.02. The molecule has 0 radical (unpaired) electrons. The molecule has 1 fully saturated rings. The summed E-state index contributed by atoms with van der Waals surface area (Å²) in [6, 6.07) is 12.7. The molecule has 5 nitrogen and oxygen atoms in total. The van der Waals surface area contributed by atoms with E-state index in [0.717, 1.165) is 0 Å². The molecule has 3 rings (SSSR count). The number of halogens is 2. The van der Waals surface area contributed by atoms with E-state index < -0.39 is 17.5 Å². The van der Waals surface area contributed by atoms with Gasteiger partial charge in [0.25, 0.3) is 0 Å². The first-order chi connectivity index (χ1) is 12.8. The molecule has 2 atom stereocenters. The van der Waals surface area contributed by atoms with Crippen LogP contribution in [0.15, 0.2) is 48.5 Å². The number of carbonyl (C=O) groups excluding carboxylic acids is 1. The molecule has 0 saturated carbocycles. The summed E-state index contributed by atoms with van der Waals surface area (Å²) >= 11 is 5.84. The molecule has 144 valence electrons. The Balaban J connectivity index is 1.60. The van der Waals surface area contributed by atoms with Crippen LogP contribution >= 0.6 is 11.6 Å². The molecule has 1 saturated heterocycles. The number of likely N-dealkylation sites (tertiary alicyclic amines) is 1. The van der Waals surface area contributed by atoms with Crippen LogP contribution in [-0.2, 0) is 4.79 Å². The lowest BCUT2D eigenvalue weighted by atomic mass is 9.90. The molecule has 0 aromatic heterocycles. The van der Waals surface area contributed by atoms with Crippen molar-refractivity contribution in [3.05, 3.63) is 59.4 Å². The highest BCUT2D eigenvalue weighted by molar-refractivity contribution is 6.30. The number of hydrogen-bond acceptors (Lipinski definition) is 4. The van der Waals surface area contributed by atoms with Crippen LogP contribution in [0.25, 0.3) is 0 Å². The van der Waals surface area contributed by atoms with E-state index in [0.29, 0.717) is 36.0 Å². The van der Waals surface area contributed by atoms with Gasteiger partial charge in [-0.1, -0.05) is 17.7 Å². The Morgan fingerprint density at radius 3 is 2.81 bits per heavy atom. The van der Waals surface area contributed by atoms with Crippen molar-refractivity contribution < 1.29 is 19.0 Å². The van der Waals surface area contributed by atoms with Gasteiger partial charge < -0.3 is 15.2 Å². The van der Waals surface area contributed by atoms with Crippen molar-refractivity contribution in [3.63, 3.8) is 0 Å². The topological polar surface area (TPSA) is 61.8 Å². The minimum atomic E-state index is -1.06. The van der Waals surface area contributed by atoms with Crippen LogP contribution in [0, 0.1) is 5.82 Å². The van der Waals surface area contributed by atoms with Crippen molar-refractivity contribution in [1.82, 2.24) is 4.90 Å². The summed E-state index contributed by atoms with van der Waals surface area (Å²) in [5.41, 5.74) is -0.392. The van der Waals surface area contributed by atoms with Gasteiger partial charge in [-0.05, 0) is 49.7 Å². The quantitative estimate of drug-likeness (QED) is 0.819. The monoisotopic (exact) mass is 392 g/mol. The van der Waals surface area contributed by atoms with E-state index in [9.17, 15) is 14.3 Å². The van der Waals surface area contributed by atoms with Crippen LogP contribution in [0.3, 0.4) is 0 Å². The van der Waals surface area contributed by atoms with E-state index in [1.165, 1.54) is 12.1 Å². The lowest BCUT2D eigenvalue weighted by Gasteiger charge is -2.42. The van der Waals surface area contributed by atoms with Gasteiger partial charge >= 0.3 is 0 Å². The van der Waals surface area contributed by atoms with Gasteiger partial charge in [-0.2, -0.15) is 0 Å². The summed E-state index contributed by atoms with van der Waals surface area (Å²) in [6.07, 6.45) is -0.127. The Hall–Kier alpha value is -2.15. The van der Waals surface area contributed by atoms with Crippen LogP contribution in [-0.4, -0.2) is 47.3 Å². The Bertz CT molecular complexity index is 798. The maximum absolute atomic E-state index is 13.4. The molecule has 1 heterocycles. The van der Waals surface area contributed by atoms with Gasteiger partial charge in [-0.15, -0.1) is 0 Å². The Morgan fingerprint density at radius 2 is 2.11 bits per heavy atom. The van der Waals surface area contributed by atoms with Crippen molar-refractivity contribution >= 4 is 23.2 Å². The maximum atomic E-state index is 13.4. The second-order valence-corrected chi connectivity index (χ2v) is 7.40. The van der Waals surface area contributed by atoms with Crippen molar-refractivity contribution in [2.45, 2.75) is 25.0 Å². The average Bonchev–Trinajstić information content (AvgIpc) is 2.60. The van der Waals surface area contributed by atoms with Crippen molar-refractivity contribution in [2.75, 3.05) is 25.0 Å². The molecule has 1 amide bonds. The maximum Gasteiger partial charge on any atom is 0.238 e. The zero-order valence-electron chi connectivity index (χ0n) is 15.0.